The van der Waals surface area contributed by atoms with Crippen LogP contribution in [0.25, 0.3) is 10.1 Å². The summed E-state index contributed by atoms with van der Waals surface area (Å²) in [6, 6.07) is 9.72. The number of hydrogen-bond acceptors (Lipinski definition) is 5. The predicted octanol–water partition coefficient (Wildman–Crippen LogP) is 3.26. The fourth-order valence-corrected chi connectivity index (χ4v) is 4.19. The summed E-state index contributed by atoms with van der Waals surface area (Å²) in [6.45, 7) is 1.50. The van der Waals surface area contributed by atoms with Gasteiger partial charge in [-0.1, -0.05) is 29.8 Å². The van der Waals surface area contributed by atoms with Gasteiger partial charge in [0.25, 0.3) is 11.8 Å². The van der Waals surface area contributed by atoms with E-state index in [1.807, 2.05) is 18.2 Å². The number of imide groups is 1. The second-order valence-electron chi connectivity index (χ2n) is 5.86. The van der Waals surface area contributed by atoms with E-state index in [9.17, 15) is 14.4 Å². The molecule has 9 heteroatoms. The lowest BCUT2D eigenvalue weighted by Crippen LogP contribution is -2.47. The molecule has 4 rings (SSSR count). The molecular weight excluding hydrogens is 378 g/mol. The Morgan fingerprint density at radius 2 is 2.04 bits per heavy atom. The molecule has 1 fully saturated rings. The zero-order chi connectivity index (χ0) is 18.5. The molecule has 1 aromatic carbocycles. The molecule has 1 aliphatic rings. The van der Waals surface area contributed by atoms with Crippen molar-refractivity contribution in [2.45, 2.75) is 12.5 Å². The van der Waals surface area contributed by atoms with Crippen molar-refractivity contribution in [3.05, 3.63) is 58.3 Å². The van der Waals surface area contributed by atoms with Crippen molar-refractivity contribution in [2.24, 2.45) is 0 Å². The Bertz CT molecular complexity index is 1050. The Labute approximate surface area is 156 Å². The van der Waals surface area contributed by atoms with Gasteiger partial charge in [-0.05, 0) is 25.1 Å². The third-order valence-corrected chi connectivity index (χ3v) is 5.83. The highest BCUT2D eigenvalue weighted by atomic mass is 35.5. The highest BCUT2D eigenvalue weighted by molar-refractivity contribution is 7.21. The predicted molar refractivity (Wildman–Crippen MR) is 95.7 cm³/mol. The van der Waals surface area contributed by atoms with Gasteiger partial charge in [0.2, 0.25) is 0 Å². The quantitative estimate of drug-likeness (QED) is 0.672. The maximum Gasteiger partial charge on any atom is 0.344 e. The molecule has 0 saturated carbocycles. The molecule has 1 aliphatic heterocycles. The van der Waals surface area contributed by atoms with E-state index in [0.29, 0.717) is 5.01 Å². The van der Waals surface area contributed by atoms with Crippen LogP contribution in [0.1, 0.15) is 22.4 Å². The largest absolute Gasteiger partial charge is 0.466 e. The summed E-state index contributed by atoms with van der Waals surface area (Å²) in [4.78, 5) is 37.7. The minimum Gasteiger partial charge on any atom is -0.466 e. The normalized spacial score (nSPS) is 19.8. The summed E-state index contributed by atoms with van der Waals surface area (Å²) in [5.41, 5.74) is 0.940. The molecular formula is C17H12ClN3O4S. The van der Waals surface area contributed by atoms with Crippen LogP contribution in [0.4, 0.5) is 4.79 Å². The lowest BCUT2D eigenvalue weighted by atomic mass is 10.00. The molecule has 3 heterocycles. The van der Waals surface area contributed by atoms with Crippen LogP contribution in [0.5, 0.6) is 0 Å². The van der Waals surface area contributed by atoms with Gasteiger partial charge in [-0.2, -0.15) is 5.01 Å². The fourth-order valence-electron chi connectivity index (χ4n) is 2.78. The minimum absolute atomic E-state index is 0.222. The molecule has 0 aliphatic carbocycles. The van der Waals surface area contributed by atoms with E-state index >= 15 is 0 Å². The molecule has 26 heavy (non-hydrogen) atoms. The molecule has 0 radical (unpaired) electrons. The van der Waals surface area contributed by atoms with Crippen LogP contribution >= 0.6 is 22.9 Å². The second-order valence-corrected chi connectivity index (χ2v) is 7.29. The number of fused-ring (bicyclic) bond motifs is 1. The smallest absolute Gasteiger partial charge is 0.344 e. The Kier molecular flexibility index (Phi) is 3.74. The number of carbonyl (C=O) groups excluding carboxylic acids is 3. The Morgan fingerprint density at radius 1 is 1.27 bits per heavy atom. The van der Waals surface area contributed by atoms with Crippen molar-refractivity contribution < 1.29 is 18.8 Å². The third-order valence-electron chi connectivity index (χ3n) is 4.16. The van der Waals surface area contributed by atoms with Gasteiger partial charge in [0.1, 0.15) is 10.6 Å². The van der Waals surface area contributed by atoms with Gasteiger partial charge >= 0.3 is 6.03 Å². The van der Waals surface area contributed by atoms with Crippen LogP contribution in [0.15, 0.2) is 47.1 Å². The number of amides is 4. The summed E-state index contributed by atoms with van der Waals surface area (Å²) in [6.07, 6.45) is 1.40. The van der Waals surface area contributed by atoms with Gasteiger partial charge in [-0.3, -0.25) is 15.0 Å². The number of halogens is 1. The average Bonchev–Trinajstić information content (AvgIpc) is 3.32. The fraction of sp³-hybridized carbons (Fsp3) is 0.118. The molecule has 132 valence electrons. The van der Waals surface area contributed by atoms with Gasteiger partial charge in [0, 0.05) is 10.1 Å². The Morgan fingerprint density at radius 3 is 2.73 bits per heavy atom. The molecule has 0 bridgehead atoms. The first-order valence-corrected chi connectivity index (χ1v) is 8.80. The number of hydrogen-bond donors (Lipinski definition) is 2. The van der Waals surface area contributed by atoms with Crippen molar-refractivity contribution in [1.29, 1.82) is 0 Å². The molecule has 0 spiro atoms. The number of nitrogens with one attached hydrogen (secondary N) is 2. The second kappa shape index (κ2) is 5.86. The summed E-state index contributed by atoms with van der Waals surface area (Å²) >= 11 is 7.46. The summed E-state index contributed by atoms with van der Waals surface area (Å²) in [7, 11) is 0. The van der Waals surface area contributed by atoms with Crippen LogP contribution in [0, 0.1) is 0 Å². The summed E-state index contributed by atoms with van der Waals surface area (Å²) in [5.74, 6) is -1.01. The number of rotatable bonds is 3. The van der Waals surface area contributed by atoms with Crippen LogP contribution in [-0.4, -0.2) is 22.9 Å². The number of benzene rings is 1. The van der Waals surface area contributed by atoms with Gasteiger partial charge in [0.15, 0.2) is 5.54 Å². The number of furan rings is 1. The zero-order valence-electron chi connectivity index (χ0n) is 13.4. The highest BCUT2D eigenvalue weighted by Crippen LogP contribution is 2.35. The van der Waals surface area contributed by atoms with Crippen molar-refractivity contribution >= 4 is 50.9 Å². The Hall–Kier alpha value is -2.84. The van der Waals surface area contributed by atoms with Gasteiger partial charge < -0.3 is 9.73 Å². The van der Waals surface area contributed by atoms with Gasteiger partial charge in [-0.25, -0.2) is 4.79 Å². The van der Waals surface area contributed by atoms with Crippen molar-refractivity contribution in [3.8, 4) is 0 Å². The monoisotopic (exact) mass is 389 g/mol. The Balaban J connectivity index is 1.62. The van der Waals surface area contributed by atoms with Crippen LogP contribution in [0.3, 0.4) is 0 Å². The van der Waals surface area contributed by atoms with E-state index in [0.717, 1.165) is 10.1 Å². The van der Waals surface area contributed by atoms with Crippen LogP contribution in [0.2, 0.25) is 5.02 Å². The molecule has 0 unspecified atom stereocenters. The molecule has 7 nitrogen and oxygen atoms in total. The number of hydrazine groups is 1. The molecule has 2 aromatic heterocycles. The first kappa shape index (κ1) is 16.6. The number of urea groups is 1. The van der Waals surface area contributed by atoms with Crippen molar-refractivity contribution in [3.63, 3.8) is 0 Å². The summed E-state index contributed by atoms with van der Waals surface area (Å²) in [5, 5.41) is 4.19. The standard InChI is InChI=1S/C17H12ClN3O4S/c1-17(11-7-4-8-25-11)15(23)21(16(24)19-17)20-14(22)13-12(18)9-5-2-3-6-10(9)26-13/h2-8H,1H3,(H,19,24)(H,20,22)/t17-/m1/s1. The van der Waals surface area contributed by atoms with Gasteiger partial charge in [-0.15, -0.1) is 11.3 Å². The van der Waals surface area contributed by atoms with Crippen molar-refractivity contribution in [1.82, 2.24) is 15.8 Å². The van der Waals surface area contributed by atoms with Crippen LogP contribution in [-0.2, 0) is 10.3 Å². The molecule has 4 amide bonds. The average molecular weight is 390 g/mol. The number of thiophene rings is 1. The first-order valence-electron chi connectivity index (χ1n) is 7.60. The maximum atomic E-state index is 12.7. The molecule has 1 saturated heterocycles. The molecule has 1 atom stereocenters. The molecule has 3 aromatic rings. The van der Waals surface area contributed by atoms with E-state index in [1.54, 1.807) is 18.2 Å². The summed E-state index contributed by atoms with van der Waals surface area (Å²) < 4.78 is 6.08. The third kappa shape index (κ3) is 2.38. The van der Waals surface area contributed by atoms with E-state index in [-0.39, 0.29) is 15.7 Å². The first-order chi connectivity index (χ1) is 12.4. The number of carbonyl (C=O) groups is 3. The van der Waals surface area contributed by atoms with E-state index in [2.05, 4.69) is 10.7 Å². The minimum atomic E-state index is -1.39. The lowest BCUT2D eigenvalue weighted by molar-refractivity contribution is -0.133. The lowest BCUT2D eigenvalue weighted by Gasteiger charge is -2.18. The van der Waals surface area contributed by atoms with E-state index in [1.165, 1.54) is 24.5 Å². The zero-order valence-corrected chi connectivity index (χ0v) is 15.0. The topological polar surface area (TPSA) is 91.7 Å². The number of nitrogens with zero attached hydrogens (tertiary/aromatic N) is 1. The maximum absolute atomic E-state index is 12.7. The van der Waals surface area contributed by atoms with E-state index < -0.39 is 23.4 Å². The van der Waals surface area contributed by atoms with Crippen LogP contribution < -0.4 is 10.7 Å². The highest BCUT2D eigenvalue weighted by Gasteiger charge is 2.52. The van der Waals surface area contributed by atoms with E-state index in [4.69, 9.17) is 16.0 Å². The SMILES string of the molecule is C[C@]1(c2ccco2)NC(=O)N(NC(=O)c2sc3ccccc3c2Cl)C1=O. The van der Waals surface area contributed by atoms with Gasteiger partial charge in [0.05, 0.1) is 11.3 Å². The molecule has 2 N–H and O–H groups in total. The van der Waals surface area contributed by atoms with Crippen molar-refractivity contribution in [2.75, 3.05) is 0 Å².